The molecular formula is C14H26N5O7P. The van der Waals surface area contributed by atoms with Gasteiger partial charge in [0, 0.05) is 12.8 Å². The van der Waals surface area contributed by atoms with Crippen LogP contribution in [0.15, 0.2) is 9.98 Å². The van der Waals surface area contributed by atoms with E-state index < -0.39 is 43.3 Å². The molecule has 13 heteroatoms. The van der Waals surface area contributed by atoms with Gasteiger partial charge >= 0.3 is 5.97 Å². The van der Waals surface area contributed by atoms with Crippen LogP contribution in [0.25, 0.3) is 0 Å². The number of hydrogen-bond acceptors (Lipinski definition) is 7. The van der Waals surface area contributed by atoms with Crippen LogP contribution >= 0.6 is 7.37 Å². The maximum atomic E-state index is 11.7. The monoisotopic (exact) mass is 407 g/mol. The molecule has 12 nitrogen and oxygen atoms in total. The first-order chi connectivity index (χ1) is 12.3. The molecule has 1 unspecified atom stereocenters. The number of hydrogen-bond donors (Lipinski definition) is 6. The molecule has 0 spiro atoms. The Hall–Kier alpha value is -2.30. The van der Waals surface area contributed by atoms with Gasteiger partial charge in [0.05, 0.1) is 6.04 Å². The van der Waals surface area contributed by atoms with E-state index in [0.29, 0.717) is 6.54 Å². The zero-order chi connectivity index (χ0) is 21.2. The lowest BCUT2D eigenvalue weighted by atomic mass is 10.2. The largest absolute Gasteiger partial charge is 0.495 e. The summed E-state index contributed by atoms with van der Waals surface area (Å²) in [5, 5.41) is 21.5. The van der Waals surface area contributed by atoms with Gasteiger partial charge in [0.1, 0.15) is 25.0 Å². The van der Waals surface area contributed by atoms with Gasteiger partial charge in [-0.25, -0.2) is 4.99 Å². The van der Waals surface area contributed by atoms with Crippen LogP contribution in [0.1, 0.15) is 20.3 Å². The fraction of sp³-hybridized carbons (Fsp3) is 0.643. The first-order valence-corrected chi connectivity index (χ1v) is 10.2. The van der Waals surface area contributed by atoms with Gasteiger partial charge in [0.15, 0.2) is 7.37 Å². The lowest BCUT2D eigenvalue weighted by Crippen LogP contribution is -2.52. The predicted molar refractivity (Wildman–Crippen MR) is 99.5 cm³/mol. The van der Waals surface area contributed by atoms with Gasteiger partial charge in [-0.2, -0.15) is 0 Å². The number of nitrogens with one attached hydrogen (secondary N) is 2. The molecule has 0 bridgehead atoms. The van der Waals surface area contributed by atoms with Crippen molar-refractivity contribution in [1.29, 1.82) is 0 Å². The Balaban J connectivity index is 0.000000941. The fourth-order valence-electron chi connectivity index (χ4n) is 1.57. The third-order valence-corrected chi connectivity index (χ3v) is 4.28. The van der Waals surface area contributed by atoms with Crippen LogP contribution in [0.4, 0.5) is 0 Å². The summed E-state index contributed by atoms with van der Waals surface area (Å²) in [6.45, 7) is 4.20. The number of carboxylic acids is 1. The molecule has 0 saturated carbocycles. The normalized spacial score (nSPS) is 18.0. The summed E-state index contributed by atoms with van der Waals surface area (Å²) in [4.78, 5) is 50.0. The molecular weight excluding hydrogens is 381 g/mol. The standard InChI is InChI=1S/C11H22N3O6P.C3H4N2O/c1-6(9(15)14-7(2)11(17)18)13-10(16)8(12)4-5-21(3,19)20;6-3-1-4-2-5-3/h6-8H,4-5,12H2,1-3H3,(H,13,16)(H,14,15)(H,17,18)(H,19,20);2H,1H2,(H,4,5,6)/t6-,7-,8-;/m0./s1. The van der Waals surface area contributed by atoms with Crippen LogP contribution < -0.4 is 16.4 Å². The Kier molecular flexibility index (Phi) is 10.4. The molecule has 4 atom stereocenters. The van der Waals surface area contributed by atoms with Gasteiger partial charge in [-0.3, -0.25) is 23.9 Å². The Morgan fingerprint density at radius 3 is 2.19 bits per heavy atom. The number of carboxylic acid groups (broad SMARTS) is 1. The number of carbonyl (C=O) groups excluding carboxylic acids is 2. The van der Waals surface area contributed by atoms with E-state index in [9.17, 15) is 18.9 Å². The summed E-state index contributed by atoms with van der Waals surface area (Å²) >= 11 is 0. The van der Waals surface area contributed by atoms with Crippen LogP contribution in [0, 0.1) is 0 Å². The van der Waals surface area contributed by atoms with Gasteiger partial charge in [0.25, 0.3) is 0 Å². The van der Waals surface area contributed by atoms with E-state index in [1.54, 1.807) is 0 Å². The average molecular weight is 407 g/mol. The predicted octanol–water partition coefficient (Wildman–Crippen LogP) is -1.32. The van der Waals surface area contributed by atoms with Crippen molar-refractivity contribution in [3.63, 3.8) is 0 Å². The van der Waals surface area contributed by atoms with Gasteiger partial charge < -0.3 is 31.5 Å². The van der Waals surface area contributed by atoms with Crippen LogP contribution in [-0.2, 0) is 18.9 Å². The van der Waals surface area contributed by atoms with Crippen molar-refractivity contribution in [2.45, 2.75) is 38.4 Å². The number of nitrogens with zero attached hydrogens (tertiary/aromatic N) is 2. The average Bonchev–Trinajstić information content (AvgIpc) is 3.03. The van der Waals surface area contributed by atoms with Gasteiger partial charge in [-0.1, -0.05) is 0 Å². The summed E-state index contributed by atoms with van der Waals surface area (Å²) in [6, 6.07) is -3.06. The third-order valence-electron chi connectivity index (χ3n) is 3.19. The van der Waals surface area contributed by atoms with E-state index in [1.807, 2.05) is 0 Å². The Labute approximate surface area is 156 Å². The molecule has 0 saturated heterocycles. The Morgan fingerprint density at radius 2 is 1.81 bits per heavy atom. The van der Waals surface area contributed by atoms with Crippen molar-refractivity contribution in [2.24, 2.45) is 15.7 Å². The maximum Gasteiger partial charge on any atom is 0.325 e. The molecule has 0 aromatic carbocycles. The highest BCUT2D eigenvalue weighted by molar-refractivity contribution is 7.57. The molecule has 1 rings (SSSR count). The molecule has 0 fully saturated rings. The molecule has 154 valence electrons. The van der Waals surface area contributed by atoms with Crippen LogP contribution in [0.5, 0.6) is 0 Å². The molecule has 0 aromatic heterocycles. The molecule has 1 aliphatic heterocycles. The second-order valence-electron chi connectivity index (χ2n) is 5.97. The minimum atomic E-state index is -3.25. The van der Waals surface area contributed by atoms with Gasteiger partial charge in [-0.15, -0.1) is 0 Å². The van der Waals surface area contributed by atoms with E-state index in [0.717, 1.165) is 0 Å². The molecule has 2 amide bonds. The van der Waals surface area contributed by atoms with Crippen molar-refractivity contribution in [2.75, 3.05) is 19.4 Å². The molecule has 1 heterocycles. The van der Waals surface area contributed by atoms with Crippen LogP contribution in [0.3, 0.4) is 0 Å². The lowest BCUT2D eigenvalue weighted by molar-refractivity contribution is -0.141. The summed E-state index contributed by atoms with van der Waals surface area (Å²) in [5.41, 5.74) is 5.55. The lowest BCUT2D eigenvalue weighted by Gasteiger charge is -2.19. The number of aliphatic hydroxyl groups is 1. The van der Waals surface area contributed by atoms with Crippen molar-refractivity contribution < 1.29 is 34.1 Å². The smallest absolute Gasteiger partial charge is 0.325 e. The zero-order valence-corrected chi connectivity index (χ0v) is 16.2. The van der Waals surface area contributed by atoms with E-state index in [4.69, 9.17) is 20.8 Å². The minimum absolute atomic E-state index is 0.00990. The van der Waals surface area contributed by atoms with Crippen molar-refractivity contribution in [3.8, 4) is 0 Å². The maximum absolute atomic E-state index is 11.7. The number of nitrogens with two attached hydrogens (primary N) is 1. The number of aliphatic carboxylic acids is 1. The summed E-state index contributed by atoms with van der Waals surface area (Å²) in [7, 11) is -3.25. The number of aliphatic imine (C=N–C) groups is 2. The number of aliphatic hydroxyl groups excluding tert-OH is 1. The van der Waals surface area contributed by atoms with Gasteiger partial charge in [0.2, 0.25) is 17.7 Å². The summed E-state index contributed by atoms with van der Waals surface area (Å²) in [5.74, 6) is -2.39. The van der Waals surface area contributed by atoms with Crippen molar-refractivity contribution >= 4 is 37.4 Å². The SMILES string of the molecule is C[C@H](NC(=O)[C@H](C)NC(=O)[C@@H](N)CCP(C)(=O)O)C(=O)O.OC1=NC=NC1. The molecule has 0 aromatic rings. The summed E-state index contributed by atoms with van der Waals surface area (Å²) in [6.07, 6.45) is 1.25. The quantitative estimate of drug-likeness (QED) is 0.266. The number of carbonyl (C=O) groups is 3. The topological polar surface area (TPSA) is 204 Å². The molecule has 1 aliphatic rings. The molecule has 7 N–H and O–H groups in total. The van der Waals surface area contributed by atoms with Crippen molar-refractivity contribution in [1.82, 2.24) is 10.6 Å². The van der Waals surface area contributed by atoms with E-state index in [2.05, 4.69) is 20.6 Å². The van der Waals surface area contributed by atoms with E-state index in [1.165, 1.54) is 26.9 Å². The minimum Gasteiger partial charge on any atom is -0.495 e. The highest BCUT2D eigenvalue weighted by atomic mass is 31.2. The molecule has 0 radical (unpaired) electrons. The van der Waals surface area contributed by atoms with E-state index in [-0.39, 0.29) is 18.5 Å². The fourth-order valence-corrected chi connectivity index (χ4v) is 2.32. The highest BCUT2D eigenvalue weighted by Crippen LogP contribution is 2.35. The van der Waals surface area contributed by atoms with Crippen LogP contribution in [0.2, 0.25) is 0 Å². The zero-order valence-electron chi connectivity index (χ0n) is 15.3. The first-order valence-electron chi connectivity index (χ1n) is 7.96. The Bertz CT molecular complexity index is 646. The first kappa shape index (κ1) is 24.7. The van der Waals surface area contributed by atoms with E-state index >= 15 is 0 Å². The number of rotatable bonds is 8. The molecule has 27 heavy (non-hydrogen) atoms. The second kappa shape index (κ2) is 11.4. The third kappa shape index (κ3) is 11.8. The Morgan fingerprint density at radius 1 is 1.26 bits per heavy atom. The number of amides is 2. The van der Waals surface area contributed by atoms with Crippen LogP contribution in [-0.4, -0.2) is 82.6 Å². The summed E-state index contributed by atoms with van der Waals surface area (Å²) < 4.78 is 11.1. The molecule has 0 aliphatic carbocycles. The van der Waals surface area contributed by atoms with Crippen molar-refractivity contribution in [3.05, 3.63) is 0 Å². The second-order valence-corrected chi connectivity index (χ2v) is 8.52. The van der Waals surface area contributed by atoms with Gasteiger partial charge in [-0.05, 0) is 20.3 Å². The highest BCUT2D eigenvalue weighted by Gasteiger charge is 2.23.